The predicted octanol–water partition coefficient (Wildman–Crippen LogP) is -0.195. The Balaban J connectivity index is 3.53. The van der Waals surface area contributed by atoms with E-state index >= 15 is 0 Å². The first-order valence-electron chi connectivity index (χ1n) is 6.29. The van der Waals surface area contributed by atoms with E-state index in [0.717, 1.165) is 0 Å². The van der Waals surface area contributed by atoms with Crippen LogP contribution in [0.2, 0.25) is 0 Å². The molecule has 6 heteroatoms. The van der Waals surface area contributed by atoms with E-state index in [4.69, 9.17) is 4.74 Å². The Morgan fingerprint density at radius 3 is 2.56 bits per heavy atom. The average Bonchev–Trinajstić information content (AvgIpc) is 2.23. The van der Waals surface area contributed by atoms with Gasteiger partial charge in [-0.3, -0.25) is 9.59 Å². The van der Waals surface area contributed by atoms with Gasteiger partial charge in [-0.05, 0) is 20.8 Å². The summed E-state index contributed by atoms with van der Waals surface area (Å²) in [6.45, 7) is 6.57. The number of aliphatic hydroxyl groups is 1. The molecule has 1 amide bonds. The lowest BCUT2D eigenvalue weighted by Gasteiger charge is -2.12. The van der Waals surface area contributed by atoms with Gasteiger partial charge >= 0.3 is 5.97 Å². The van der Waals surface area contributed by atoms with Crippen LogP contribution >= 0.6 is 0 Å². The molecular weight excluding hydrogens is 236 g/mol. The minimum atomic E-state index is -0.780. The van der Waals surface area contributed by atoms with E-state index in [1.54, 1.807) is 6.92 Å². The molecule has 0 bridgehead atoms. The summed E-state index contributed by atoms with van der Waals surface area (Å²) in [4.78, 5) is 22.3. The highest BCUT2D eigenvalue weighted by Crippen LogP contribution is 1.93. The van der Waals surface area contributed by atoms with Crippen LogP contribution in [-0.2, 0) is 14.3 Å². The van der Waals surface area contributed by atoms with Crippen LogP contribution in [0.5, 0.6) is 0 Å². The quantitative estimate of drug-likeness (QED) is 0.395. The van der Waals surface area contributed by atoms with E-state index in [2.05, 4.69) is 10.6 Å². The molecule has 0 spiro atoms. The van der Waals surface area contributed by atoms with Crippen molar-refractivity contribution in [2.24, 2.45) is 0 Å². The first kappa shape index (κ1) is 16.9. The van der Waals surface area contributed by atoms with Crippen molar-refractivity contribution in [2.45, 2.75) is 45.8 Å². The van der Waals surface area contributed by atoms with Crippen molar-refractivity contribution in [1.82, 2.24) is 10.6 Å². The number of hydrogen-bond acceptors (Lipinski definition) is 5. The average molecular weight is 260 g/mol. The maximum absolute atomic E-state index is 11.3. The Kier molecular flexibility index (Phi) is 9.22. The molecule has 0 rings (SSSR count). The summed E-state index contributed by atoms with van der Waals surface area (Å²) in [5.41, 5.74) is 0. The normalized spacial score (nSPS) is 12.3. The molecule has 3 N–H and O–H groups in total. The number of esters is 1. The number of amides is 1. The molecule has 6 nitrogen and oxygen atoms in total. The number of nitrogens with one attached hydrogen (secondary N) is 2. The number of carbonyl (C=O) groups excluding carboxylic acids is 2. The van der Waals surface area contributed by atoms with Crippen molar-refractivity contribution in [2.75, 3.05) is 19.7 Å². The molecule has 0 aromatic heterocycles. The molecule has 0 aliphatic carbocycles. The lowest BCUT2D eigenvalue weighted by atomic mass is 10.2. The van der Waals surface area contributed by atoms with Crippen LogP contribution in [-0.4, -0.2) is 48.8 Å². The number of ether oxygens (including phenoxy) is 1. The molecule has 106 valence electrons. The minimum absolute atomic E-state index is 0.0287. The van der Waals surface area contributed by atoms with Crippen molar-refractivity contribution in [3.8, 4) is 0 Å². The highest BCUT2D eigenvalue weighted by atomic mass is 16.5. The van der Waals surface area contributed by atoms with Crippen molar-refractivity contribution >= 4 is 11.9 Å². The van der Waals surface area contributed by atoms with Gasteiger partial charge in [0.25, 0.3) is 0 Å². The fourth-order valence-corrected chi connectivity index (χ4v) is 1.35. The molecule has 0 aliphatic rings. The molecule has 18 heavy (non-hydrogen) atoms. The minimum Gasteiger partial charge on any atom is -0.466 e. The van der Waals surface area contributed by atoms with E-state index in [1.165, 1.54) is 0 Å². The second-order valence-corrected chi connectivity index (χ2v) is 4.34. The maximum atomic E-state index is 11.3. The Bertz CT molecular complexity index is 256. The smallest absolute Gasteiger partial charge is 0.308 e. The Labute approximate surface area is 108 Å². The standard InChI is InChI=1S/C12H24N2O4/c1-4-18-12(17)7-10(15)8-13-6-5-11(16)14-9(2)3/h9-10,13,15H,4-8H2,1-3H3,(H,14,16). The molecule has 0 fully saturated rings. The van der Waals surface area contributed by atoms with Crippen LogP contribution in [0.25, 0.3) is 0 Å². The van der Waals surface area contributed by atoms with Crippen molar-refractivity contribution < 1.29 is 19.4 Å². The van der Waals surface area contributed by atoms with Gasteiger partial charge in [0, 0.05) is 25.6 Å². The van der Waals surface area contributed by atoms with E-state index in [0.29, 0.717) is 19.6 Å². The molecule has 0 aromatic rings. The van der Waals surface area contributed by atoms with E-state index in [1.807, 2.05) is 13.8 Å². The van der Waals surface area contributed by atoms with E-state index < -0.39 is 12.1 Å². The Morgan fingerprint density at radius 1 is 1.33 bits per heavy atom. The summed E-state index contributed by atoms with van der Waals surface area (Å²) in [5, 5.41) is 15.2. The van der Waals surface area contributed by atoms with Gasteiger partial charge in [0.1, 0.15) is 0 Å². The van der Waals surface area contributed by atoms with Crippen molar-refractivity contribution in [3.63, 3.8) is 0 Å². The summed E-state index contributed by atoms with van der Waals surface area (Å²) in [6.07, 6.45) is -0.458. The van der Waals surface area contributed by atoms with Crippen LogP contribution < -0.4 is 10.6 Å². The summed E-state index contributed by atoms with van der Waals surface area (Å²) in [7, 11) is 0. The second-order valence-electron chi connectivity index (χ2n) is 4.34. The summed E-state index contributed by atoms with van der Waals surface area (Å²) < 4.78 is 4.71. The molecule has 0 saturated heterocycles. The van der Waals surface area contributed by atoms with Crippen LogP contribution in [0.1, 0.15) is 33.6 Å². The van der Waals surface area contributed by atoms with Crippen LogP contribution in [0.3, 0.4) is 0 Å². The third-order valence-corrected chi connectivity index (χ3v) is 2.07. The number of rotatable bonds is 9. The SMILES string of the molecule is CCOC(=O)CC(O)CNCCC(=O)NC(C)C. The molecule has 1 atom stereocenters. The number of aliphatic hydroxyl groups excluding tert-OH is 1. The van der Waals surface area contributed by atoms with Crippen LogP contribution in [0.15, 0.2) is 0 Å². The van der Waals surface area contributed by atoms with Gasteiger partial charge in [-0.15, -0.1) is 0 Å². The first-order valence-corrected chi connectivity index (χ1v) is 6.29. The second kappa shape index (κ2) is 9.85. The Hall–Kier alpha value is -1.14. The van der Waals surface area contributed by atoms with Gasteiger partial charge in [0.2, 0.25) is 5.91 Å². The molecule has 0 aliphatic heterocycles. The zero-order valence-electron chi connectivity index (χ0n) is 11.4. The van der Waals surface area contributed by atoms with E-state index in [9.17, 15) is 14.7 Å². The van der Waals surface area contributed by atoms with Gasteiger partial charge in [0.15, 0.2) is 0 Å². The monoisotopic (exact) mass is 260 g/mol. The zero-order valence-corrected chi connectivity index (χ0v) is 11.4. The van der Waals surface area contributed by atoms with Crippen LogP contribution in [0, 0.1) is 0 Å². The first-order chi connectivity index (χ1) is 8.45. The molecule has 1 unspecified atom stereocenters. The zero-order chi connectivity index (χ0) is 14.0. The maximum Gasteiger partial charge on any atom is 0.308 e. The summed E-state index contributed by atoms with van der Waals surface area (Å²) >= 11 is 0. The molecule has 0 aromatic carbocycles. The summed E-state index contributed by atoms with van der Waals surface area (Å²) in [6, 6.07) is 0.131. The highest BCUT2D eigenvalue weighted by molar-refractivity contribution is 5.76. The molecule has 0 saturated carbocycles. The van der Waals surface area contributed by atoms with Gasteiger partial charge in [-0.2, -0.15) is 0 Å². The van der Waals surface area contributed by atoms with Gasteiger partial charge in [-0.25, -0.2) is 0 Å². The number of carbonyl (C=O) groups is 2. The topological polar surface area (TPSA) is 87.7 Å². The lowest BCUT2D eigenvalue weighted by Crippen LogP contribution is -2.35. The Morgan fingerprint density at radius 2 is 2.00 bits per heavy atom. The molecule has 0 radical (unpaired) electrons. The van der Waals surface area contributed by atoms with E-state index in [-0.39, 0.29) is 24.9 Å². The van der Waals surface area contributed by atoms with Gasteiger partial charge < -0.3 is 20.5 Å². The fourth-order valence-electron chi connectivity index (χ4n) is 1.35. The third-order valence-electron chi connectivity index (χ3n) is 2.07. The molecular formula is C12H24N2O4. The fraction of sp³-hybridized carbons (Fsp3) is 0.833. The predicted molar refractivity (Wildman–Crippen MR) is 68.0 cm³/mol. The lowest BCUT2D eigenvalue weighted by molar-refractivity contribution is -0.145. The molecule has 0 heterocycles. The highest BCUT2D eigenvalue weighted by Gasteiger charge is 2.11. The largest absolute Gasteiger partial charge is 0.466 e. The van der Waals surface area contributed by atoms with Crippen molar-refractivity contribution in [1.29, 1.82) is 0 Å². The number of hydrogen-bond donors (Lipinski definition) is 3. The van der Waals surface area contributed by atoms with Gasteiger partial charge in [0.05, 0.1) is 19.1 Å². The van der Waals surface area contributed by atoms with Gasteiger partial charge in [-0.1, -0.05) is 0 Å². The summed E-state index contributed by atoms with van der Waals surface area (Å²) in [5.74, 6) is -0.443. The third kappa shape index (κ3) is 10.0. The van der Waals surface area contributed by atoms with Crippen LogP contribution in [0.4, 0.5) is 0 Å². The van der Waals surface area contributed by atoms with Crippen molar-refractivity contribution in [3.05, 3.63) is 0 Å².